The average molecular weight is 152 g/mol. The molecule has 58 valence electrons. The number of carbonyl (C=O) groups is 1. The molecule has 11 heavy (non-hydrogen) atoms. The quantitative estimate of drug-likeness (QED) is 0.600. The van der Waals surface area contributed by atoms with Crippen LogP contribution in [0.2, 0.25) is 0 Å². The highest BCUT2D eigenvalue weighted by Crippen LogP contribution is 2.42. The van der Waals surface area contributed by atoms with Crippen molar-refractivity contribution >= 4 is 5.97 Å². The van der Waals surface area contributed by atoms with Crippen molar-refractivity contribution in [3.05, 3.63) is 18.2 Å². The first kappa shape index (κ1) is 7.60. The molecule has 0 unspecified atom stereocenters. The summed E-state index contributed by atoms with van der Waals surface area (Å²) in [4.78, 5) is 9.00. The van der Waals surface area contributed by atoms with Crippen LogP contribution in [-0.4, -0.2) is 16.2 Å². The number of benzene rings is 1. The van der Waals surface area contributed by atoms with Gasteiger partial charge in [0.2, 0.25) is 0 Å². The van der Waals surface area contributed by atoms with Crippen LogP contribution in [0.15, 0.2) is 18.2 Å². The number of carboxylic acids is 1. The molecule has 0 atom stereocenters. The molecule has 0 spiro atoms. The summed E-state index contributed by atoms with van der Waals surface area (Å²) in [5.41, 5.74) is 2.22. The lowest BCUT2D eigenvalue weighted by molar-refractivity contribution is -0.134. The van der Waals surface area contributed by atoms with Gasteiger partial charge in [-0.3, -0.25) is 4.79 Å². The van der Waals surface area contributed by atoms with Crippen LogP contribution in [-0.2, 0) is 4.79 Å². The zero-order valence-electron chi connectivity index (χ0n) is 6.03. The largest absolute Gasteiger partial charge is 0.507 e. The molecule has 0 aromatic heterocycles. The zero-order valence-corrected chi connectivity index (χ0v) is 6.03. The molecule has 0 fully saturated rings. The number of phenols is 1. The van der Waals surface area contributed by atoms with E-state index in [9.17, 15) is 0 Å². The number of hydrogen-bond donors (Lipinski definition) is 2. The van der Waals surface area contributed by atoms with Gasteiger partial charge >= 0.3 is 0 Å². The molecule has 3 nitrogen and oxygen atoms in total. The summed E-state index contributed by atoms with van der Waals surface area (Å²) in [5.74, 6) is -0.407. The molecule has 0 heterocycles. The molecule has 0 amide bonds. The molecule has 0 aliphatic heterocycles. The zero-order chi connectivity index (χ0) is 8.43. The minimum atomic E-state index is -0.833. The van der Waals surface area contributed by atoms with Crippen molar-refractivity contribution in [1.29, 1.82) is 0 Å². The van der Waals surface area contributed by atoms with Crippen LogP contribution in [0.4, 0.5) is 0 Å². The fraction of sp³-hybridized carbons (Fsp3) is 0.125. The highest BCUT2D eigenvalue weighted by atomic mass is 16.4. The van der Waals surface area contributed by atoms with Crippen LogP contribution in [0.25, 0.3) is 11.1 Å². The predicted octanol–water partition coefficient (Wildman–Crippen LogP) is 1.46. The smallest absolute Gasteiger partial charge is 0.300 e. The number of aromatic hydroxyl groups is 1. The maximum absolute atomic E-state index is 9.00. The van der Waals surface area contributed by atoms with E-state index < -0.39 is 5.97 Å². The molecule has 0 bridgehead atoms. The third kappa shape index (κ3) is 1.97. The summed E-state index contributed by atoms with van der Waals surface area (Å²) in [6.45, 7) is 1.08. The summed E-state index contributed by atoms with van der Waals surface area (Å²) in [7, 11) is 0. The van der Waals surface area contributed by atoms with E-state index in [2.05, 4.69) is 0 Å². The molecule has 0 radical (unpaired) electrons. The number of aliphatic carboxylic acids is 1. The Kier molecular flexibility index (Phi) is 1.81. The Bertz CT molecular complexity index is 287. The first-order chi connectivity index (χ1) is 5.11. The summed E-state index contributed by atoms with van der Waals surface area (Å²) in [6, 6.07) is 5.57. The lowest BCUT2D eigenvalue weighted by atomic mass is 10.5. The molecule has 2 N–H and O–H groups in total. The third-order valence-corrected chi connectivity index (χ3v) is 1.22. The van der Waals surface area contributed by atoms with Crippen LogP contribution in [0.1, 0.15) is 6.92 Å². The summed E-state index contributed by atoms with van der Waals surface area (Å²) in [6.07, 6.45) is 0. The molecule has 2 rings (SSSR count). The molecule has 0 aromatic carbocycles. The molecule has 0 saturated carbocycles. The van der Waals surface area contributed by atoms with E-state index in [1.807, 2.05) is 12.1 Å². The summed E-state index contributed by atoms with van der Waals surface area (Å²) < 4.78 is 0. The molecular formula is C8H8O3. The van der Waals surface area contributed by atoms with Crippen molar-refractivity contribution in [3.63, 3.8) is 0 Å². The van der Waals surface area contributed by atoms with Gasteiger partial charge < -0.3 is 10.2 Å². The summed E-state index contributed by atoms with van der Waals surface area (Å²) in [5, 5.41) is 16.2. The second-order valence-corrected chi connectivity index (χ2v) is 2.25. The van der Waals surface area contributed by atoms with Crippen LogP contribution in [0.3, 0.4) is 0 Å². The van der Waals surface area contributed by atoms with Crippen LogP contribution >= 0.6 is 0 Å². The highest BCUT2D eigenvalue weighted by Gasteiger charge is 2.15. The average Bonchev–Trinajstić information content (AvgIpc) is 2.54. The number of fused-ring (bicyclic) bond motifs is 1. The van der Waals surface area contributed by atoms with Gasteiger partial charge in [-0.05, 0) is 17.7 Å². The van der Waals surface area contributed by atoms with Gasteiger partial charge in [0, 0.05) is 12.5 Å². The minimum Gasteiger partial charge on any atom is -0.507 e. The standard InChI is InChI=1S/C6H4O.C2H4O2/c7-6-2-1-4-3-5(4)6;1-2(3)4/h1-3,7H;1H3,(H,3,4). The first-order valence-electron chi connectivity index (χ1n) is 3.14. The third-order valence-electron chi connectivity index (χ3n) is 1.22. The van der Waals surface area contributed by atoms with Crippen molar-refractivity contribution in [2.75, 3.05) is 0 Å². The second kappa shape index (κ2) is 2.62. The van der Waals surface area contributed by atoms with E-state index in [1.54, 1.807) is 6.07 Å². The van der Waals surface area contributed by atoms with E-state index in [1.165, 1.54) is 5.56 Å². The lowest BCUT2D eigenvalue weighted by Crippen LogP contribution is -1.78. The van der Waals surface area contributed by atoms with Crippen molar-refractivity contribution in [2.45, 2.75) is 6.92 Å². The fourth-order valence-corrected chi connectivity index (χ4v) is 0.738. The maximum Gasteiger partial charge on any atom is 0.300 e. The number of phenolic OH excluding ortho intramolecular Hbond substituents is 1. The Morgan fingerprint density at radius 1 is 1.45 bits per heavy atom. The van der Waals surface area contributed by atoms with E-state index in [0.717, 1.165) is 12.5 Å². The minimum absolute atomic E-state index is 0.426. The molecule has 3 heteroatoms. The van der Waals surface area contributed by atoms with E-state index in [4.69, 9.17) is 15.0 Å². The van der Waals surface area contributed by atoms with Crippen LogP contribution in [0.5, 0.6) is 5.75 Å². The van der Waals surface area contributed by atoms with Gasteiger partial charge in [-0.1, -0.05) is 6.07 Å². The van der Waals surface area contributed by atoms with Gasteiger partial charge in [-0.15, -0.1) is 0 Å². The van der Waals surface area contributed by atoms with Gasteiger partial charge in [0.05, 0.1) is 0 Å². The Labute approximate surface area is 63.9 Å². The molecule has 0 saturated heterocycles. The normalized spacial score (nSPS) is 9.55. The number of rotatable bonds is 0. The van der Waals surface area contributed by atoms with E-state index in [0.29, 0.717) is 5.75 Å². The number of hydrogen-bond acceptors (Lipinski definition) is 2. The fourth-order valence-electron chi connectivity index (χ4n) is 0.738. The monoisotopic (exact) mass is 152 g/mol. The Morgan fingerprint density at radius 2 is 2.00 bits per heavy atom. The molecular weight excluding hydrogens is 144 g/mol. The second-order valence-electron chi connectivity index (χ2n) is 2.25. The van der Waals surface area contributed by atoms with Gasteiger partial charge in [-0.2, -0.15) is 0 Å². The van der Waals surface area contributed by atoms with Crippen molar-refractivity contribution in [2.24, 2.45) is 0 Å². The van der Waals surface area contributed by atoms with Gasteiger partial charge in [0.15, 0.2) is 0 Å². The maximum atomic E-state index is 9.00. The molecule has 2 aliphatic rings. The van der Waals surface area contributed by atoms with Crippen LogP contribution < -0.4 is 0 Å². The topological polar surface area (TPSA) is 57.5 Å². The molecule has 2 aliphatic carbocycles. The van der Waals surface area contributed by atoms with Gasteiger partial charge in [0.25, 0.3) is 5.97 Å². The van der Waals surface area contributed by atoms with Crippen molar-refractivity contribution in [1.82, 2.24) is 0 Å². The Balaban J connectivity index is 0.000000134. The summed E-state index contributed by atoms with van der Waals surface area (Å²) >= 11 is 0. The van der Waals surface area contributed by atoms with Crippen LogP contribution in [0, 0.1) is 0 Å². The SMILES string of the molecule is CC(=O)O.Oc1ccc2cc1-2. The van der Waals surface area contributed by atoms with Crippen molar-refractivity contribution in [3.8, 4) is 16.9 Å². The van der Waals surface area contributed by atoms with Gasteiger partial charge in [0.1, 0.15) is 5.75 Å². The Morgan fingerprint density at radius 3 is 2.09 bits per heavy atom. The lowest BCUT2D eigenvalue weighted by Gasteiger charge is -1.72. The highest BCUT2D eigenvalue weighted by molar-refractivity contribution is 5.86. The first-order valence-corrected chi connectivity index (χ1v) is 3.14. The molecule has 0 aromatic rings. The van der Waals surface area contributed by atoms with Gasteiger partial charge in [-0.25, -0.2) is 0 Å². The number of carboxylic acid groups (broad SMARTS) is 1. The van der Waals surface area contributed by atoms with E-state index >= 15 is 0 Å². The predicted molar refractivity (Wildman–Crippen MR) is 40.4 cm³/mol. The Hall–Kier alpha value is -1.51. The van der Waals surface area contributed by atoms with Crippen molar-refractivity contribution < 1.29 is 15.0 Å². The van der Waals surface area contributed by atoms with E-state index in [-0.39, 0.29) is 0 Å².